The summed E-state index contributed by atoms with van der Waals surface area (Å²) in [6.07, 6.45) is 0.702. The van der Waals surface area contributed by atoms with Gasteiger partial charge >= 0.3 is 0 Å². The molecule has 0 unspecified atom stereocenters. The van der Waals surface area contributed by atoms with Crippen LogP contribution in [0.3, 0.4) is 0 Å². The molecule has 0 saturated heterocycles. The summed E-state index contributed by atoms with van der Waals surface area (Å²) in [5.41, 5.74) is 3.97. The second-order valence-electron chi connectivity index (χ2n) is 5.75. The molecule has 0 radical (unpaired) electrons. The molecule has 0 bridgehead atoms. The van der Waals surface area contributed by atoms with Gasteiger partial charge in [0.15, 0.2) is 0 Å². The first kappa shape index (κ1) is 16.0. The third kappa shape index (κ3) is 2.43. The average Bonchev–Trinajstić information content (AvgIpc) is 3.24. The molecule has 0 spiro atoms. The van der Waals surface area contributed by atoms with Crippen LogP contribution < -0.4 is 0 Å². The number of amides is 1. The van der Waals surface area contributed by atoms with Crippen LogP contribution in [0.2, 0.25) is 10.0 Å². The lowest BCUT2D eigenvalue weighted by atomic mass is 9.99. The molecule has 0 saturated carbocycles. The summed E-state index contributed by atoms with van der Waals surface area (Å²) in [4.78, 5) is 18.1. The van der Waals surface area contributed by atoms with Crippen molar-refractivity contribution in [2.45, 2.75) is 13.0 Å². The molecule has 3 aromatic rings. The number of carbonyl (C=O) groups excluding carboxylic acids is 1. The minimum atomic E-state index is -0.470. The summed E-state index contributed by atoms with van der Waals surface area (Å²) in [5, 5.41) is 13.2. The number of aliphatic hydroxyl groups excluding tert-OH is 1. The number of aliphatic hydroxyl groups is 1. The maximum Gasteiger partial charge on any atom is 0.248 e. The van der Waals surface area contributed by atoms with E-state index in [-0.39, 0.29) is 5.91 Å². The zero-order valence-electron chi connectivity index (χ0n) is 12.6. The standard InChI is InChI=1S/C17H14Cl2N2O2S/c18-11-6-9(13-2-1-5-24-13)15-10-7-21(14(23)8-22)4-3-12(10)20-17(15)16(11)19/h1-2,5-6,20,22H,3-4,7-8H2. The lowest BCUT2D eigenvalue weighted by molar-refractivity contribution is -0.135. The molecule has 7 heteroatoms. The number of aromatic nitrogens is 1. The summed E-state index contributed by atoms with van der Waals surface area (Å²) in [5.74, 6) is -0.257. The number of hydrogen-bond acceptors (Lipinski definition) is 3. The smallest absolute Gasteiger partial charge is 0.248 e. The lowest BCUT2D eigenvalue weighted by Crippen LogP contribution is -2.37. The maximum atomic E-state index is 11.9. The Kier molecular flexibility index (Phi) is 4.04. The Morgan fingerprint density at radius 2 is 2.25 bits per heavy atom. The predicted octanol–water partition coefficient (Wildman–Crippen LogP) is 4.08. The van der Waals surface area contributed by atoms with Gasteiger partial charge in [0.2, 0.25) is 5.91 Å². The van der Waals surface area contributed by atoms with E-state index in [1.807, 2.05) is 23.6 Å². The van der Waals surface area contributed by atoms with Gasteiger partial charge in [0, 0.05) is 46.6 Å². The van der Waals surface area contributed by atoms with Crippen molar-refractivity contribution >= 4 is 51.3 Å². The number of hydrogen-bond donors (Lipinski definition) is 2. The zero-order valence-corrected chi connectivity index (χ0v) is 14.9. The zero-order chi connectivity index (χ0) is 16.8. The Labute approximate surface area is 152 Å². The van der Waals surface area contributed by atoms with E-state index in [2.05, 4.69) is 4.98 Å². The molecule has 0 aliphatic carbocycles. The minimum absolute atomic E-state index is 0.257. The predicted molar refractivity (Wildman–Crippen MR) is 97.8 cm³/mol. The number of nitrogens with zero attached hydrogens (tertiary/aromatic N) is 1. The number of nitrogens with one attached hydrogen (secondary N) is 1. The van der Waals surface area contributed by atoms with Gasteiger partial charge in [-0.15, -0.1) is 11.3 Å². The number of aromatic amines is 1. The summed E-state index contributed by atoms with van der Waals surface area (Å²) in [6, 6.07) is 5.93. The molecule has 1 amide bonds. The van der Waals surface area contributed by atoms with Crippen molar-refractivity contribution in [3.05, 3.63) is 44.9 Å². The fourth-order valence-electron chi connectivity index (χ4n) is 3.28. The number of carbonyl (C=O) groups is 1. The topological polar surface area (TPSA) is 56.3 Å². The fourth-order valence-corrected chi connectivity index (χ4v) is 4.43. The van der Waals surface area contributed by atoms with Gasteiger partial charge in [0.1, 0.15) is 6.61 Å². The molecular weight excluding hydrogens is 367 g/mol. The first-order valence-electron chi connectivity index (χ1n) is 7.54. The van der Waals surface area contributed by atoms with Crippen molar-refractivity contribution in [2.75, 3.05) is 13.2 Å². The molecule has 3 heterocycles. The highest BCUT2D eigenvalue weighted by Gasteiger charge is 2.27. The van der Waals surface area contributed by atoms with Gasteiger partial charge in [-0.3, -0.25) is 4.79 Å². The molecule has 1 aliphatic heterocycles. The van der Waals surface area contributed by atoms with E-state index in [9.17, 15) is 4.79 Å². The first-order chi connectivity index (χ1) is 11.6. The molecule has 2 aromatic heterocycles. The van der Waals surface area contributed by atoms with Crippen molar-refractivity contribution in [1.82, 2.24) is 9.88 Å². The van der Waals surface area contributed by atoms with Crippen LogP contribution in [0, 0.1) is 0 Å². The molecule has 4 rings (SSSR count). The van der Waals surface area contributed by atoms with Crippen molar-refractivity contribution in [1.29, 1.82) is 0 Å². The van der Waals surface area contributed by atoms with Gasteiger partial charge in [-0.2, -0.15) is 0 Å². The first-order valence-corrected chi connectivity index (χ1v) is 9.17. The van der Waals surface area contributed by atoms with E-state index in [0.717, 1.165) is 32.6 Å². The quantitative estimate of drug-likeness (QED) is 0.703. The Morgan fingerprint density at radius 3 is 2.96 bits per heavy atom. The average molecular weight is 381 g/mol. The van der Waals surface area contributed by atoms with E-state index in [0.29, 0.717) is 29.6 Å². The molecule has 124 valence electrons. The van der Waals surface area contributed by atoms with Crippen LogP contribution in [0.5, 0.6) is 0 Å². The van der Waals surface area contributed by atoms with Crippen LogP contribution in [0.15, 0.2) is 23.6 Å². The van der Waals surface area contributed by atoms with Crippen LogP contribution in [0.25, 0.3) is 21.3 Å². The fraction of sp³-hybridized carbons (Fsp3) is 0.235. The molecule has 1 aliphatic rings. The van der Waals surface area contributed by atoms with E-state index in [4.69, 9.17) is 28.3 Å². The van der Waals surface area contributed by atoms with Crippen molar-refractivity contribution in [2.24, 2.45) is 0 Å². The van der Waals surface area contributed by atoms with Crippen LogP contribution in [-0.2, 0) is 17.8 Å². The van der Waals surface area contributed by atoms with Gasteiger partial charge in [-0.05, 0) is 17.5 Å². The summed E-state index contributed by atoms with van der Waals surface area (Å²) in [6.45, 7) is 0.575. The molecule has 0 fully saturated rings. The third-order valence-electron chi connectivity index (χ3n) is 4.42. The molecule has 2 N–H and O–H groups in total. The minimum Gasteiger partial charge on any atom is -0.387 e. The Bertz CT molecular complexity index is 934. The number of fused-ring (bicyclic) bond motifs is 3. The number of benzene rings is 1. The normalized spacial score (nSPS) is 14.2. The Hall–Kier alpha value is -1.53. The third-order valence-corrected chi connectivity index (χ3v) is 6.11. The van der Waals surface area contributed by atoms with E-state index in [1.165, 1.54) is 0 Å². The van der Waals surface area contributed by atoms with Crippen molar-refractivity contribution in [3.63, 3.8) is 0 Å². The molecule has 4 nitrogen and oxygen atoms in total. The van der Waals surface area contributed by atoms with Gasteiger partial charge in [0.25, 0.3) is 0 Å². The molecular formula is C17H14Cl2N2O2S. The lowest BCUT2D eigenvalue weighted by Gasteiger charge is -2.26. The summed E-state index contributed by atoms with van der Waals surface area (Å²) >= 11 is 14.4. The monoisotopic (exact) mass is 380 g/mol. The van der Waals surface area contributed by atoms with Crippen LogP contribution >= 0.6 is 34.5 Å². The summed E-state index contributed by atoms with van der Waals surface area (Å²) in [7, 11) is 0. The van der Waals surface area contributed by atoms with Gasteiger partial charge in [-0.1, -0.05) is 29.3 Å². The van der Waals surface area contributed by atoms with Crippen molar-refractivity contribution in [3.8, 4) is 10.4 Å². The van der Waals surface area contributed by atoms with Crippen LogP contribution in [0.1, 0.15) is 11.3 Å². The van der Waals surface area contributed by atoms with E-state index >= 15 is 0 Å². The highest BCUT2D eigenvalue weighted by atomic mass is 35.5. The molecule has 24 heavy (non-hydrogen) atoms. The highest BCUT2D eigenvalue weighted by Crippen LogP contribution is 2.43. The van der Waals surface area contributed by atoms with Crippen LogP contribution in [0.4, 0.5) is 0 Å². The van der Waals surface area contributed by atoms with Crippen LogP contribution in [-0.4, -0.2) is 34.0 Å². The largest absolute Gasteiger partial charge is 0.387 e. The van der Waals surface area contributed by atoms with Crippen molar-refractivity contribution < 1.29 is 9.90 Å². The Balaban J connectivity index is 1.96. The van der Waals surface area contributed by atoms with Gasteiger partial charge in [-0.25, -0.2) is 0 Å². The number of halogens is 2. The van der Waals surface area contributed by atoms with E-state index < -0.39 is 6.61 Å². The van der Waals surface area contributed by atoms with Gasteiger partial charge in [0.05, 0.1) is 15.6 Å². The Morgan fingerprint density at radius 1 is 1.42 bits per heavy atom. The molecule has 1 aromatic carbocycles. The molecule has 0 atom stereocenters. The number of rotatable bonds is 2. The maximum absolute atomic E-state index is 11.9. The number of thiophene rings is 1. The van der Waals surface area contributed by atoms with E-state index in [1.54, 1.807) is 16.2 Å². The highest BCUT2D eigenvalue weighted by molar-refractivity contribution is 7.13. The SMILES string of the molecule is O=C(CO)N1CCc2[nH]c3c(Cl)c(Cl)cc(-c4cccs4)c3c2C1. The summed E-state index contributed by atoms with van der Waals surface area (Å²) < 4.78 is 0. The van der Waals surface area contributed by atoms with Gasteiger partial charge < -0.3 is 15.0 Å². The second kappa shape index (κ2) is 6.08. The second-order valence-corrected chi connectivity index (χ2v) is 7.49. The number of H-pyrrole nitrogens is 1.